The van der Waals surface area contributed by atoms with Gasteiger partial charge in [-0.1, -0.05) is 23.9 Å². The number of hydrogen-bond donors (Lipinski definition) is 2. The van der Waals surface area contributed by atoms with Crippen LogP contribution in [0, 0.1) is 11.3 Å². The summed E-state index contributed by atoms with van der Waals surface area (Å²) >= 11 is 1.30. The van der Waals surface area contributed by atoms with Crippen LogP contribution >= 0.6 is 11.8 Å². The van der Waals surface area contributed by atoms with Crippen molar-refractivity contribution in [2.75, 3.05) is 7.11 Å². The number of nitriles is 1. The summed E-state index contributed by atoms with van der Waals surface area (Å²) in [5.74, 6) is -0.295. The van der Waals surface area contributed by atoms with Gasteiger partial charge in [0.25, 0.3) is 11.1 Å². The molecular weight excluding hydrogens is 366 g/mol. The van der Waals surface area contributed by atoms with Crippen molar-refractivity contribution in [1.82, 2.24) is 4.98 Å². The first-order valence-corrected chi connectivity index (χ1v) is 8.80. The van der Waals surface area contributed by atoms with Gasteiger partial charge in [-0.15, -0.1) is 0 Å². The molecular formula is C19H15N3O4S. The number of para-hydroxylation sites is 2. The molecule has 0 spiro atoms. The number of thioether (sulfide) groups is 1. The van der Waals surface area contributed by atoms with E-state index in [1.165, 1.54) is 31.0 Å². The summed E-state index contributed by atoms with van der Waals surface area (Å²) in [4.78, 5) is 15.6. The number of nitrogens with zero attached hydrogens (tertiary/aromatic N) is 2. The van der Waals surface area contributed by atoms with Crippen LogP contribution in [0.15, 0.2) is 51.6 Å². The van der Waals surface area contributed by atoms with Gasteiger partial charge in [0.15, 0.2) is 17.1 Å². The van der Waals surface area contributed by atoms with E-state index >= 15 is 0 Å². The van der Waals surface area contributed by atoms with E-state index in [0.717, 1.165) is 5.52 Å². The van der Waals surface area contributed by atoms with Crippen LogP contribution in [0.4, 0.5) is 0 Å². The van der Waals surface area contributed by atoms with Crippen LogP contribution in [0.1, 0.15) is 11.1 Å². The Labute approximate surface area is 159 Å². The zero-order valence-corrected chi connectivity index (χ0v) is 15.1. The number of phenols is 1. The molecule has 0 saturated carbocycles. The van der Waals surface area contributed by atoms with Gasteiger partial charge in [0.05, 0.1) is 7.11 Å². The molecule has 0 bridgehead atoms. The highest BCUT2D eigenvalue weighted by Gasteiger charge is 2.14. The Kier molecular flexibility index (Phi) is 5.33. The standard InChI is InChI=1S/C19H15N3O4S/c1-25-16-8-11(6-12(9-20)18(21)24)7-13(17(16)23)10-27-19-22-14-4-2-3-5-15(14)26-19/h2-8,23H,10H2,1H3,(H2,21,24)/b12-6-. The van der Waals surface area contributed by atoms with Crippen LogP contribution < -0.4 is 10.5 Å². The third-order valence-electron chi connectivity index (χ3n) is 3.72. The highest BCUT2D eigenvalue weighted by molar-refractivity contribution is 7.98. The molecule has 0 unspecified atom stereocenters. The third-order valence-corrected chi connectivity index (χ3v) is 4.60. The molecule has 0 fully saturated rings. The first-order chi connectivity index (χ1) is 13.0. The molecule has 7 nitrogen and oxygen atoms in total. The Hall–Kier alpha value is -3.44. The minimum atomic E-state index is -0.827. The van der Waals surface area contributed by atoms with Crippen LogP contribution in [-0.2, 0) is 10.5 Å². The minimum Gasteiger partial charge on any atom is -0.504 e. The Morgan fingerprint density at radius 1 is 1.44 bits per heavy atom. The van der Waals surface area contributed by atoms with E-state index in [2.05, 4.69) is 4.98 Å². The first-order valence-electron chi connectivity index (χ1n) is 7.81. The number of carbonyl (C=O) groups is 1. The molecule has 0 radical (unpaired) electrons. The van der Waals surface area contributed by atoms with Gasteiger partial charge in [-0.2, -0.15) is 5.26 Å². The molecule has 0 aliphatic rings. The van der Waals surface area contributed by atoms with Gasteiger partial charge in [0, 0.05) is 11.3 Å². The molecule has 1 amide bonds. The van der Waals surface area contributed by atoms with Crippen LogP contribution in [0.5, 0.6) is 11.5 Å². The lowest BCUT2D eigenvalue weighted by molar-refractivity contribution is -0.114. The first kappa shape index (κ1) is 18.4. The van der Waals surface area contributed by atoms with Gasteiger partial charge >= 0.3 is 0 Å². The van der Waals surface area contributed by atoms with Crippen LogP contribution in [0.25, 0.3) is 17.2 Å². The number of nitrogens with two attached hydrogens (primary N) is 1. The number of aromatic hydroxyl groups is 1. The largest absolute Gasteiger partial charge is 0.504 e. The van der Waals surface area contributed by atoms with Crippen molar-refractivity contribution in [2.45, 2.75) is 11.0 Å². The number of methoxy groups -OCH3 is 1. The lowest BCUT2D eigenvalue weighted by Gasteiger charge is -2.10. The number of carbonyl (C=O) groups excluding carboxylic acids is 1. The zero-order valence-electron chi connectivity index (χ0n) is 14.3. The molecule has 0 atom stereocenters. The monoisotopic (exact) mass is 381 g/mol. The number of ether oxygens (including phenoxy) is 1. The number of primary amides is 1. The van der Waals surface area contributed by atoms with Crippen molar-refractivity contribution in [2.24, 2.45) is 5.73 Å². The SMILES string of the molecule is COc1cc(/C=C(/C#N)C(N)=O)cc(CSc2nc3ccccc3o2)c1O. The number of hydrogen-bond acceptors (Lipinski definition) is 7. The maximum atomic E-state index is 11.3. The fourth-order valence-corrected chi connectivity index (χ4v) is 3.23. The van der Waals surface area contributed by atoms with E-state index in [1.807, 2.05) is 24.3 Å². The lowest BCUT2D eigenvalue weighted by atomic mass is 10.1. The summed E-state index contributed by atoms with van der Waals surface area (Å²) in [5, 5.41) is 19.8. The second kappa shape index (κ2) is 7.85. The molecule has 3 N–H and O–H groups in total. The van der Waals surface area contributed by atoms with E-state index < -0.39 is 5.91 Å². The second-order valence-corrected chi connectivity index (χ2v) is 6.43. The summed E-state index contributed by atoms with van der Waals surface area (Å²) in [6.45, 7) is 0. The van der Waals surface area contributed by atoms with Crippen LogP contribution in [-0.4, -0.2) is 23.1 Å². The van der Waals surface area contributed by atoms with Crippen molar-refractivity contribution in [3.8, 4) is 17.6 Å². The minimum absolute atomic E-state index is 0.0316. The van der Waals surface area contributed by atoms with Crippen molar-refractivity contribution in [1.29, 1.82) is 5.26 Å². The average Bonchev–Trinajstić information content (AvgIpc) is 3.08. The van der Waals surface area contributed by atoms with Gasteiger partial charge in [-0.05, 0) is 35.9 Å². The highest BCUT2D eigenvalue weighted by atomic mass is 32.2. The number of amides is 1. The van der Waals surface area contributed by atoms with Crippen molar-refractivity contribution in [3.63, 3.8) is 0 Å². The topological polar surface area (TPSA) is 122 Å². The van der Waals surface area contributed by atoms with Gasteiger partial charge in [0.1, 0.15) is 17.2 Å². The Morgan fingerprint density at radius 3 is 2.89 bits per heavy atom. The molecule has 136 valence electrons. The number of fused-ring (bicyclic) bond motifs is 1. The predicted octanol–water partition coefficient (Wildman–Crippen LogP) is 3.23. The average molecular weight is 381 g/mol. The number of phenolic OH excluding ortho intramolecular Hbond substituents is 1. The number of benzene rings is 2. The summed E-state index contributed by atoms with van der Waals surface area (Å²) in [5.41, 5.74) is 7.45. The van der Waals surface area contributed by atoms with Gasteiger partial charge in [-0.3, -0.25) is 4.79 Å². The Balaban J connectivity index is 1.90. The molecule has 1 heterocycles. The molecule has 0 saturated heterocycles. The van der Waals surface area contributed by atoms with Gasteiger partial charge in [0.2, 0.25) is 0 Å². The van der Waals surface area contributed by atoms with Crippen molar-refractivity contribution in [3.05, 3.63) is 53.1 Å². The normalized spacial score (nSPS) is 11.3. The molecule has 3 aromatic rings. The van der Waals surface area contributed by atoms with Crippen LogP contribution in [0.2, 0.25) is 0 Å². The Bertz CT molecular complexity index is 1050. The number of oxazole rings is 1. The maximum Gasteiger partial charge on any atom is 0.259 e. The summed E-state index contributed by atoms with van der Waals surface area (Å²) in [6, 6.07) is 12.3. The quantitative estimate of drug-likeness (QED) is 0.382. The van der Waals surface area contributed by atoms with Crippen LogP contribution in [0.3, 0.4) is 0 Å². The van der Waals surface area contributed by atoms with E-state index in [1.54, 1.807) is 12.1 Å². The third kappa shape index (κ3) is 4.04. The van der Waals surface area contributed by atoms with E-state index in [4.69, 9.17) is 20.1 Å². The fraction of sp³-hybridized carbons (Fsp3) is 0.105. The summed E-state index contributed by atoms with van der Waals surface area (Å²) in [7, 11) is 1.42. The summed E-state index contributed by atoms with van der Waals surface area (Å²) < 4.78 is 10.8. The molecule has 0 aliphatic heterocycles. The molecule has 1 aromatic heterocycles. The zero-order chi connectivity index (χ0) is 19.4. The molecule has 0 aliphatic carbocycles. The number of aromatic nitrogens is 1. The molecule has 3 rings (SSSR count). The molecule has 8 heteroatoms. The lowest BCUT2D eigenvalue weighted by Crippen LogP contribution is -2.12. The maximum absolute atomic E-state index is 11.3. The summed E-state index contributed by atoms with van der Waals surface area (Å²) in [6.07, 6.45) is 1.35. The van der Waals surface area contributed by atoms with Gasteiger partial charge in [-0.25, -0.2) is 4.98 Å². The smallest absolute Gasteiger partial charge is 0.259 e. The van der Waals surface area contributed by atoms with E-state index in [-0.39, 0.29) is 17.1 Å². The van der Waals surface area contributed by atoms with E-state index in [9.17, 15) is 9.90 Å². The Morgan fingerprint density at radius 2 is 2.22 bits per heavy atom. The fourth-order valence-electron chi connectivity index (χ4n) is 2.42. The van der Waals surface area contributed by atoms with Crippen molar-refractivity contribution < 1.29 is 19.1 Å². The predicted molar refractivity (Wildman–Crippen MR) is 101 cm³/mol. The molecule has 27 heavy (non-hydrogen) atoms. The number of rotatable bonds is 6. The van der Waals surface area contributed by atoms with E-state index in [0.29, 0.717) is 27.7 Å². The molecule has 2 aromatic carbocycles. The second-order valence-electron chi connectivity index (χ2n) is 5.50. The van der Waals surface area contributed by atoms with Crippen molar-refractivity contribution >= 4 is 34.8 Å². The van der Waals surface area contributed by atoms with Gasteiger partial charge < -0.3 is 20.0 Å². The highest BCUT2D eigenvalue weighted by Crippen LogP contribution is 2.36.